The van der Waals surface area contributed by atoms with Gasteiger partial charge in [-0.05, 0) is 43.0 Å². The summed E-state index contributed by atoms with van der Waals surface area (Å²) in [5.41, 5.74) is 6.21. The molecule has 0 unspecified atom stereocenters. The van der Waals surface area contributed by atoms with Crippen molar-refractivity contribution < 1.29 is 9.15 Å². The van der Waals surface area contributed by atoms with Crippen molar-refractivity contribution in [1.29, 1.82) is 0 Å². The maximum Gasteiger partial charge on any atom is 0.313 e. The van der Waals surface area contributed by atoms with Crippen LogP contribution < -0.4 is 10.5 Å². The van der Waals surface area contributed by atoms with Crippen molar-refractivity contribution in [1.82, 2.24) is 10.2 Å². The highest BCUT2D eigenvalue weighted by atomic mass is 16.5. The number of anilines is 1. The molecule has 0 saturated heterocycles. The first-order valence-electron chi connectivity index (χ1n) is 5.63. The Labute approximate surface area is 98.6 Å². The highest BCUT2D eigenvalue weighted by Crippen LogP contribution is 2.30. The van der Waals surface area contributed by atoms with Crippen LogP contribution >= 0.6 is 0 Å². The van der Waals surface area contributed by atoms with E-state index in [-0.39, 0.29) is 6.01 Å². The zero-order valence-electron chi connectivity index (χ0n) is 9.30. The van der Waals surface area contributed by atoms with Crippen LogP contribution in [-0.2, 0) is 0 Å². The Morgan fingerprint density at radius 3 is 2.59 bits per heavy atom. The van der Waals surface area contributed by atoms with E-state index in [0.717, 1.165) is 23.8 Å². The number of ether oxygens (including phenoxy) is 1. The topological polar surface area (TPSA) is 74.2 Å². The molecule has 88 valence electrons. The smallest absolute Gasteiger partial charge is 0.313 e. The summed E-state index contributed by atoms with van der Waals surface area (Å²) in [6.45, 7) is 0.812. The molecule has 17 heavy (non-hydrogen) atoms. The van der Waals surface area contributed by atoms with Gasteiger partial charge in [-0.3, -0.25) is 0 Å². The lowest BCUT2D eigenvalue weighted by Crippen LogP contribution is -1.98. The summed E-state index contributed by atoms with van der Waals surface area (Å²) in [4.78, 5) is 0. The summed E-state index contributed by atoms with van der Waals surface area (Å²) >= 11 is 0. The van der Waals surface area contributed by atoms with Crippen LogP contribution in [-0.4, -0.2) is 16.8 Å². The fourth-order valence-electron chi connectivity index (χ4n) is 1.54. The van der Waals surface area contributed by atoms with E-state index in [1.165, 1.54) is 12.8 Å². The third kappa shape index (κ3) is 2.38. The molecule has 0 radical (unpaired) electrons. The predicted molar refractivity (Wildman–Crippen MR) is 62.4 cm³/mol. The van der Waals surface area contributed by atoms with Crippen molar-refractivity contribution in [2.75, 3.05) is 12.3 Å². The van der Waals surface area contributed by atoms with Gasteiger partial charge in [0.15, 0.2) is 0 Å². The number of aromatic nitrogens is 2. The molecule has 1 aromatic carbocycles. The minimum atomic E-state index is 0.0778. The molecule has 5 nitrogen and oxygen atoms in total. The summed E-state index contributed by atoms with van der Waals surface area (Å²) in [5, 5.41) is 7.43. The number of rotatable bonds is 4. The Hall–Kier alpha value is -2.04. The normalized spacial score (nSPS) is 14.8. The van der Waals surface area contributed by atoms with Crippen molar-refractivity contribution >= 4 is 6.01 Å². The maximum atomic E-state index is 5.63. The van der Waals surface area contributed by atoms with E-state index in [4.69, 9.17) is 14.9 Å². The van der Waals surface area contributed by atoms with Crippen LogP contribution in [0.5, 0.6) is 5.75 Å². The first-order valence-corrected chi connectivity index (χ1v) is 5.63. The molecule has 1 fully saturated rings. The van der Waals surface area contributed by atoms with E-state index in [1.54, 1.807) is 0 Å². The van der Waals surface area contributed by atoms with Crippen LogP contribution in [0.25, 0.3) is 11.5 Å². The second-order valence-corrected chi connectivity index (χ2v) is 4.22. The molecular formula is C12H13N3O2. The average Bonchev–Trinajstić information content (AvgIpc) is 3.09. The van der Waals surface area contributed by atoms with E-state index in [1.807, 2.05) is 24.3 Å². The van der Waals surface area contributed by atoms with E-state index in [2.05, 4.69) is 10.2 Å². The highest BCUT2D eigenvalue weighted by molar-refractivity contribution is 5.54. The van der Waals surface area contributed by atoms with Gasteiger partial charge in [0.1, 0.15) is 5.75 Å². The van der Waals surface area contributed by atoms with Gasteiger partial charge in [0.05, 0.1) is 6.61 Å². The molecular weight excluding hydrogens is 218 g/mol. The first-order chi connectivity index (χ1) is 8.31. The molecule has 2 aromatic rings. The summed E-state index contributed by atoms with van der Waals surface area (Å²) < 4.78 is 10.8. The van der Waals surface area contributed by atoms with Crippen LogP contribution in [0.2, 0.25) is 0 Å². The fourth-order valence-corrected chi connectivity index (χ4v) is 1.54. The molecule has 1 aliphatic rings. The van der Waals surface area contributed by atoms with Crippen molar-refractivity contribution in [3.8, 4) is 17.2 Å². The lowest BCUT2D eigenvalue weighted by Gasteiger charge is -2.04. The zero-order valence-corrected chi connectivity index (χ0v) is 9.30. The minimum Gasteiger partial charge on any atom is -0.493 e. The minimum absolute atomic E-state index is 0.0778. The van der Waals surface area contributed by atoms with Gasteiger partial charge in [0.25, 0.3) is 0 Å². The molecule has 2 N–H and O–H groups in total. The third-order valence-corrected chi connectivity index (χ3v) is 2.72. The van der Waals surface area contributed by atoms with Crippen LogP contribution in [0.3, 0.4) is 0 Å². The Morgan fingerprint density at radius 2 is 2.00 bits per heavy atom. The molecule has 1 aliphatic carbocycles. The Morgan fingerprint density at radius 1 is 1.24 bits per heavy atom. The Bertz CT molecular complexity index is 503. The fraction of sp³-hybridized carbons (Fsp3) is 0.333. The number of hydrogen-bond acceptors (Lipinski definition) is 5. The summed E-state index contributed by atoms with van der Waals surface area (Å²) in [6, 6.07) is 7.65. The highest BCUT2D eigenvalue weighted by Gasteiger charge is 2.21. The number of hydrogen-bond donors (Lipinski definition) is 1. The summed E-state index contributed by atoms with van der Waals surface area (Å²) in [6.07, 6.45) is 2.58. The molecule has 0 spiro atoms. The van der Waals surface area contributed by atoms with Crippen LogP contribution in [0.1, 0.15) is 12.8 Å². The molecule has 3 rings (SSSR count). The number of benzene rings is 1. The molecule has 0 amide bonds. The first kappa shape index (κ1) is 10.1. The predicted octanol–water partition coefficient (Wildman–Crippen LogP) is 2.11. The average molecular weight is 231 g/mol. The van der Waals surface area contributed by atoms with Gasteiger partial charge in [-0.1, -0.05) is 5.10 Å². The molecule has 1 aromatic heterocycles. The third-order valence-electron chi connectivity index (χ3n) is 2.72. The van der Waals surface area contributed by atoms with Gasteiger partial charge in [-0.25, -0.2) is 0 Å². The summed E-state index contributed by atoms with van der Waals surface area (Å²) in [7, 11) is 0. The number of nitrogens with zero attached hydrogens (tertiary/aromatic N) is 2. The molecule has 0 atom stereocenters. The van der Waals surface area contributed by atoms with E-state index >= 15 is 0 Å². The van der Waals surface area contributed by atoms with Crippen molar-refractivity contribution in [3.63, 3.8) is 0 Å². The zero-order chi connectivity index (χ0) is 11.7. The van der Waals surface area contributed by atoms with E-state index in [9.17, 15) is 0 Å². The van der Waals surface area contributed by atoms with E-state index < -0.39 is 0 Å². The van der Waals surface area contributed by atoms with Crippen LogP contribution in [0, 0.1) is 5.92 Å². The second kappa shape index (κ2) is 4.08. The van der Waals surface area contributed by atoms with Gasteiger partial charge in [-0.15, -0.1) is 5.10 Å². The van der Waals surface area contributed by atoms with Gasteiger partial charge >= 0.3 is 6.01 Å². The molecule has 5 heteroatoms. The monoisotopic (exact) mass is 231 g/mol. The van der Waals surface area contributed by atoms with Crippen LogP contribution in [0.15, 0.2) is 28.7 Å². The lowest BCUT2D eigenvalue weighted by molar-refractivity contribution is 0.300. The molecule has 0 aliphatic heterocycles. The molecule has 0 bridgehead atoms. The van der Waals surface area contributed by atoms with Crippen molar-refractivity contribution in [2.24, 2.45) is 5.92 Å². The SMILES string of the molecule is Nc1nnc(-c2ccc(OCC3CC3)cc2)o1. The standard InChI is InChI=1S/C12H13N3O2/c13-12-15-14-11(17-12)9-3-5-10(6-4-9)16-7-8-1-2-8/h3-6,8H,1-2,7H2,(H2,13,15). The molecule has 1 saturated carbocycles. The number of nitrogens with two attached hydrogens (primary N) is 1. The Kier molecular flexibility index (Phi) is 2.44. The lowest BCUT2D eigenvalue weighted by atomic mass is 10.2. The van der Waals surface area contributed by atoms with Crippen molar-refractivity contribution in [2.45, 2.75) is 12.8 Å². The maximum absolute atomic E-state index is 5.63. The Balaban J connectivity index is 1.70. The van der Waals surface area contributed by atoms with Gasteiger partial charge in [-0.2, -0.15) is 0 Å². The van der Waals surface area contributed by atoms with Gasteiger partial charge in [0, 0.05) is 5.56 Å². The quantitative estimate of drug-likeness (QED) is 0.872. The van der Waals surface area contributed by atoms with E-state index in [0.29, 0.717) is 5.89 Å². The number of nitrogen functional groups attached to an aromatic ring is 1. The van der Waals surface area contributed by atoms with Crippen LogP contribution in [0.4, 0.5) is 6.01 Å². The van der Waals surface area contributed by atoms with Crippen molar-refractivity contribution in [3.05, 3.63) is 24.3 Å². The largest absolute Gasteiger partial charge is 0.493 e. The second-order valence-electron chi connectivity index (χ2n) is 4.22. The van der Waals surface area contributed by atoms with Gasteiger partial charge < -0.3 is 14.9 Å². The van der Waals surface area contributed by atoms with Gasteiger partial charge in [0.2, 0.25) is 5.89 Å². The molecule has 1 heterocycles. The summed E-state index contributed by atoms with van der Waals surface area (Å²) in [5.74, 6) is 2.05.